The fourth-order valence-corrected chi connectivity index (χ4v) is 3.30. The van der Waals surface area contributed by atoms with Crippen LogP contribution >= 0.6 is 0 Å². The Labute approximate surface area is 174 Å². The molecule has 2 aromatic rings. The van der Waals surface area contributed by atoms with Crippen LogP contribution in [0.2, 0.25) is 0 Å². The van der Waals surface area contributed by atoms with Crippen LogP contribution in [0.3, 0.4) is 0 Å². The van der Waals surface area contributed by atoms with E-state index in [-0.39, 0.29) is 18.3 Å². The third kappa shape index (κ3) is 7.47. The molecule has 28 heavy (non-hydrogen) atoms. The molecule has 1 aliphatic heterocycles. The Hall–Kier alpha value is -2.14. The Morgan fingerprint density at radius 1 is 1.00 bits per heavy atom. The Balaban J connectivity index is 0.00000280. The first kappa shape index (κ1) is 22.2. The van der Waals surface area contributed by atoms with Crippen molar-refractivity contribution in [3.63, 3.8) is 0 Å². The lowest BCUT2D eigenvalue weighted by molar-refractivity contribution is -0.116. The summed E-state index contributed by atoms with van der Waals surface area (Å²) >= 11 is 0. The van der Waals surface area contributed by atoms with Gasteiger partial charge in [-0.2, -0.15) is 0 Å². The fourth-order valence-electron chi connectivity index (χ4n) is 3.30. The van der Waals surface area contributed by atoms with Gasteiger partial charge < -0.3 is 22.6 Å². The van der Waals surface area contributed by atoms with Gasteiger partial charge in [-0.1, -0.05) is 54.6 Å². The number of carbonyl (C=O) groups excluding carboxylic acids is 1. The van der Waals surface area contributed by atoms with E-state index in [1.54, 1.807) is 0 Å². The van der Waals surface area contributed by atoms with Crippen molar-refractivity contribution in [2.75, 3.05) is 44.6 Å². The quantitative estimate of drug-likeness (QED) is 0.744. The van der Waals surface area contributed by atoms with Gasteiger partial charge in [0.2, 0.25) is 5.91 Å². The molecule has 4 nitrogen and oxygen atoms in total. The van der Waals surface area contributed by atoms with Crippen molar-refractivity contribution >= 4 is 17.7 Å². The van der Waals surface area contributed by atoms with E-state index in [2.05, 4.69) is 51.5 Å². The zero-order valence-electron chi connectivity index (χ0n) is 16.5. The Bertz CT molecular complexity index is 755. The molecule has 1 heterocycles. The lowest BCUT2D eigenvalue weighted by Crippen LogP contribution is -3.00. The third-order valence-electron chi connectivity index (χ3n) is 4.90. The Kier molecular flexibility index (Phi) is 9.21. The first-order valence-electron chi connectivity index (χ1n) is 9.72. The van der Waals surface area contributed by atoms with Crippen molar-refractivity contribution in [3.05, 3.63) is 71.8 Å². The Morgan fingerprint density at radius 3 is 2.43 bits per heavy atom. The second-order valence-corrected chi connectivity index (χ2v) is 7.12. The lowest BCUT2D eigenvalue weighted by atomic mass is 10.2. The van der Waals surface area contributed by atoms with Crippen LogP contribution in [0.5, 0.6) is 0 Å². The zero-order chi connectivity index (χ0) is 18.9. The average molecular weight is 399 g/mol. The maximum atomic E-state index is 12.1. The van der Waals surface area contributed by atoms with Crippen molar-refractivity contribution < 1.29 is 17.2 Å². The van der Waals surface area contributed by atoms with Crippen LogP contribution in [0.4, 0.5) is 5.69 Å². The zero-order valence-corrected chi connectivity index (χ0v) is 17.2. The largest absolute Gasteiger partial charge is 1.00 e. The molecule has 1 fully saturated rings. The number of halogens is 1. The highest BCUT2D eigenvalue weighted by molar-refractivity contribution is 5.90. The molecule has 5 heteroatoms. The van der Waals surface area contributed by atoms with E-state index < -0.39 is 0 Å². The topological polar surface area (TPSA) is 35.6 Å². The molecule has 1 amide bonds. The second-order valence-electron chi connectivity index (χ2n) is 7.12. The molecular formula is C23H29ClN3O-. The summed E-state index contributed by atoms with van der Waals surface area (Å²) in [6.07, 6.45) is 4.96. The number of benzene rings is 2. The minimum Gasteiger partial charge on any atom is -1.00 e. The molecule has 0 aromatic heterocycles. The summed E-state index contributed by atoms with van der Waals surface area (Å²) in [5, 5.41) is 2.99. The molecule has 1 aliphatic rings. The molecule has 0 saturated carbocycles. The van der Waals surface area contributed by atoms with Gasteiger partial charge in [0.25, 0.3) is 0 Å². The highest BCUT2D eigenvalue weighted by Crippen LogP contribution is 2.10. The average Bonchev–Trinajstić information content (AvgIpc) is 2.68. The fraction of sp³-hybridized carbons (Fsp3) is 0.348. The van der Waals surface area contributed by atoms with E-state index in [1.165, 1.54) is 5.56 Å². The highest BCUT2D eigenvalue weighted by atomic mass is 35.5. The van der Waals surface area contributed by atoms with Crippen LogP contribution in [0.15, 0.2) is 60.7 Å². The van der Waals surface area contributed by atoms with Gasteiger partial charge in [0.15, 0.2) is 0 Å². The van der Waals surface area contributed by atoms with E-state index in [9.17, 15) is 4.79 Å². The first-order valence-corrected chi connectivity index (χ1v) is 9.72. The van der Waals surface area contributed by atoms with Crippen LogP contribution in [0.1, 0.15) is 17.5 Å². The molecule has 0 radical (unpaired) electrons. The van der Waals surface area contributed by atoms with Crippen LogP contribution < -0.4 is 17.7 Å². The van der Waals surface area contributed by atoms with Gasteiger partial charge in [0.1, 0.15) is 0 Å². The maximum Gasteiger partial charge on any atom is 0.225 e. The molecule has 0 bridgehead atoms. The molecular weight excluding hydrogens is 370 g/mol. The summed E-state index contributed by atoms with van der Waals surface area (Å²) < 4.78 is 0. The number of hydrogen-bond acceptors (Lipinski definition) is 3. The van der Waals surface area contributed by atoms with E-state index in [4.69, 9.17) is 0 Å². The summed E-state index contributed by atoms with van der Waals surface area (Å²) in [5.41, 5.74) is 3.29. The number of piperazine rings is 1. The van der Waals surface area contributed by atoms with Crippen molar-refractivity contribution in [1.29, 1.82) is 0 Å². The number of nitrogens with one attached hydrogen (secondary N) is 1. The van der Waals surface area contributed by atoms with E-state index in [1.807, 2.05) is 37.3 Å². The normalized spacial score (nSPS) is 15.3. The summed E-state index contributed by atoms with van der Waals surface area (Å²) in [7, 11) is 0. The molecule has 0 atom stereocenters. The van der Waals surface area contributed by atoms with Gasteiger partial charge in [-0.05, 0) is 30.2 Å². The van der Waals surface area contributed by atoms with Gasteiger partial charge in [-0.25, -0.2) is 0 Å². The first-order chi connectivity index (χ1) is 13.2. The summed E-state index contributed by atoms with van der Waals surface area (Å²) in [6.45, 7) is 8.00. The van der Waals surface area contributed by atoms with Crippen molar-refractivity contribution in [1.82, 2.24) is 9.80 Å². The third-order valence-corrected chi connectivity index (χ3v) is 4.90. The summed E-state index contributed by atoms with van der Waals surface area (Å²) in [6, 6.07) is 18.3. The monoisotopic (exact) mass is 398 g/mol. The van der Waals surface area contributed by atoms with Crippen molar-refractivity contribution in [2.45, 2.75) is 13.3 Å². The van der Waals surface area contributed by atoms with E-state index in [0.717, 1.165) is 50.5 Å². The summed E-state index contributed by atoms with van der Waals surface area (Å²) in [4.78, 5) is 17.0. The minimum atomic E-state index is 0. The van der Waals surface area contributed by atoms with Crippen LogP contribution in [-0.4, -0.2) is 55.0 Å². The lowest BCUT2D eigenvalue weighted by Gasteiger charge is -2.34. The number of amides is 1. The predicted molar refractivity (Wildman–Crippen MR) is 113 cm³/mol. The predicted octanol–water partition coefficient (Wildman–Crippen LogP) is 0.659. The highest BCUT2D eigenvalue weighted by Gasteiger charge is 2.16. The molecule has 3 rings (SSSR count). The van der Waals surface area contributed by atoms with Gasteiger partial charge in [0.05, 0.1) is 0 Å². The van der Waals surface area contributed by atoms with Gasteiger partial charge in [-0.15, -0.1) is 0 Å². The molecule has 150 valence electrons. The van der Waals surface area contributed by atoms with Gasteiger partial charge >= 0.3 is 0 Å². The van der Waals surface area contributed by atoms with Gasteiger partial charge in [0, 0.05) is 51.4 Å². The number of carbonyl (C=O) groups is 1. The molecule has 1 N–H and O–H groups in total. The van der Waals surface area contributed by atoms with E-state index >= 15 is 0 Å². The number of hydrogen-bond donors (Lipinski definition) is 1. The molecule has 0 unspecified atom stereocenters. The van der Waals surface area contributed by atoms with Crippen LogP contribution in [0.25, 0.3) is 6.08 Å². The smallest absolute Gasteiger partial charge is 0.225 e. The Morgan fingerprint density at radius 2 is 1.71 bits per heavy atom. The van der Waals surface area contributed by atoms with Gasteiger partial charge in [-0.3, -0.25) is 9.69 Å². The molecule has 1 saturated heterocycles. The van der Waals surface area contributed by atoms with Crippen LogP contribution in [-0.2, 0) is 4.79 Å². The number of anilines is 1. The van der Waals surface area contributed by atoms with Crippen molar-refractivity contribution in [2.24, 2.45) is 0 Å². The number of aryl methyl sites for hydroxylation is 1. The summed E-state index contributed by atoms with van der Waals surface area (Å²) in [5.74, 6) is 0.0915. The molecule has 2 aromatic carbocycles. The number of rotatable bonds is 7. The molecule has 0 aliphatic carbocycles. The number of nitrogens with zero attached hydrogens (tertiary/aromatic N) is 2. The minimum absolute atomic E-state index is 0. The standard InChI is InChI=1S/C23H29N3O.ClH/c1-20-7-5-11-22(19-20)24-23(27)12-14-26-17-15-25(16-18-26)13-6-10-21-8-3-2-4-9-21;/h2-11,19H,12-18H2,1H3,(H,24,27);1H/p-1/b10-6+;. The molecule has 0 spiro atoms. The van der Waals surface area contributed by atoms with E-state index in [0.29, 0.717) is 6.42 Å². The van der Waals surface area contributed by atoms with Crippen molar-refractivity contribution in [3.8, 4) is 0 Å². The SMILES string of the molecule is Cc1cccc(NC(=O)CCN2CCN(C/C=C/c3ccccc3)CC2)c1.[Cl-]. The maximum absolute atomic E-state index is 12.1. The second kappa shape index (κ2) is 11.6. The van der Waals surface area contributed by atoms with Crippen LogP contribution in [0, 0.1) is 6.92 Å².